The molecule has 3 nitrogen and oxygen atoms in total. The van der Waals surface area contributed by atoms with Crippen LogP contribution in [0.1, 0.15) is 33.1 Å². The lowest BCUT2D eigenvalue weighted by atomic mass is 9.87. The lowest BCUT2D eigenvalue weighted by molar-refractivity contribution is 0.349. The topological polar surface area (TPSA) is 37.8 Å². The Morgan fingerprint density at radius 1 is 1.40 bits per heavy atom. The fourth-order valence-corrected chi connectivity index (χ4v) is 2.27. The minimum Gasteiger partial charge on any atom is -0.365 e. The molecule has 1 aromatic heterocycles. The molecule has 1 atom stereocenters. The van der Waals surface area contributed by atoms with Gasteiger partial charge in [-0.1, -0.05) is 31.9 Å². The average Bonchev–Trinajstić information content (AvgIpc) is 2.50. The lowest BCUT2D eigenvalue weighted by Gasteiger charge is -2.27. The van der Waals surface area contributed by atoms with Crippen LogP contribution >= 0.6 is 11.6 Å². The van der Waals surface area contributed by atoms with E-state index < -0.39 is 0 Å². The highest BCUT2D eigenvalue weighted by atomic mass is 35.5. The van der Waals surface area contributed by atoms with Gasteiger partial charge in [0.15, 0.2) is 5.15 Å². The molecule has 0 bridgehead atoms. The summed E-state index contributed by atoms with van der Waals surface area (Å²) >= 11 is 5.68. The van der Waals surface area contributed by atoms with Crippen LogP contribution in [0.2, 0.25) is 5.15 Å². The molecular formula is C11H16ClN3. The van der Waals surface area contributed by atoms with E-state index >= 15 is 0 Å². The Balaban J connectivity index is 2.06. The van der Waals surface area contributed by atoms with Crippen LogP contribution in [-0.2, 0) is 0 Å². The number of aromatic nitrogens is 2. The van der Waals surface area contributed by atoms with Gasteiger partial charge in [0.25, 0.3) is 0 Å². The predicted octanol–water partition coefficient (Wildman–Crippen LogP) is 3.12. The number of halogens is 1. The van der Waals surface area contributed by atoms with Crippen LogP contribution in [0.5, 0.6) is 0 Å². The molecular weight excluding hydrogens is 210 g/mol. The first kappa shape index (κ1) is 10.7. The first-order chi connectivity index (χ1) is 7.08. The summed E-state index contributed by atoms with van der Waals surface area (Å²) in [5.41, 5.74) is 0.349. The minimum absolute atomic E-state index is 0.349. The number of anilines is 1. The van der Waals surface area contributed by atoms with Gasteiger partial charge in [-0.2, -0.15) is 0 Å². The minimum atomic E-state index is 0.349. The van der Waals surface area contributed by atoms with Gasteiger partial charge in [0, 0.05) is 6.04 Å². The Morgan fingerprint density at radius 2 is 2.20 bits per heavy atom. The van der Waals surface area contributed by atoms with Crippen LogP contribution < -0.4 is 5.32 Å². The maximum Gasteiger partial charge on any atom is 0.151 e. The normalized spacial score (nSPS) is 24.1. The van der Waals surface area contributed by atoms with Gasteiger partial charge in [-0.3, -0.25) is 0 Å². The average molecular weight is 226 g/mol. The van der Waals surface area contributed by atoms with E-state index in [0.717, 1.165) is 5.82 Å². The number of rotatable bonds is 2. The smallest absolute Gasteiger partial charge is 0.151 e. The third kappa shape index (κ3) is 2.40. The van der Waals surface area contributed by atoms with Gasteiger partial charge in [0.2, 0.25) is 0 Å². The summed E-state index contributed by atoms with van der Waals surface area (Å²) in [4.78, 5) is 0. The van der Waals surface area contributed by atoms with Crippen molar-refractivity contribution in [3.05, 3.63) is 17.3 Å². The maximum absolute atomic E-state index is 5.68. The van der Waals surface area contributed by atoms with Crippen LogP contribution in [0.15, 0.2) is 12.1 Å². The van der Waals surface area contributed by atoms with Gasteiger partial charge >= 0.3 is 0 Å². The van der Waals surface area contributed by atoms with Gasteiger partial charge in [-0.25, -0.2) is 0 Å². The zero-order valence-electron chi connectivity index (χ0n) is 9.13. The molecule has 1 aliphatic rings. The number of hydrogen-bond acceptors (Lipinski definition) is 3. The van der Waals surface area contributed by atoms with Crippen LogP contribution in [0, 0.1) is 5.41 Å². The molecule has 2 rings (SSSR count). The van der Waals surface area contributed by atoms with Crippen molar-refractivity contribution < 1.29 is 0 Å². The van der Waals surface area contributed by atoms with Crippen LogP contribution in [-0.4, -0.2) is 16.2 Å². The molecule has 1 N–H and O–H groups in total. The fraction of sp³-hybridized carbons (Fsp3) is 0.636. The second-order valence-corrected chi connectivity index (χ2v) is 5.21. The molecule has 0 radical (unpaired) electrons. The van der Waals surface area contributed by atoms with E-state index in [4.69, 9.17) is 11.6 Å². The van der Waals surface area contributed by atoms with Crippen LogP contribution in [0.4, 0.5) is 5.82 Å². The molecule has 0 saturated heterocycles. The molecule has 0 aliphatic heterocycles. The highest BCUT2D eigenvalue weighted by Crippen LogP contribution is 2.38. The molecule has 1 saturated carbocycles. The van der Waals surface area contributed by atoms with Crippen molar-refractivity contribution in [2.24, 2.45) is 5.41 Å². The van der Waals surface area contributed by atoms with Crippen molar-refractivity contribution in [1.29, 1.82) is 0 Å². The van der Waals surface area contributed by atoms with E-state index in [0.29, 0.717) is 16.6 Å². The lowest BCUT2D eigenvalue weighted by Crippen LogP contribution is -2.31. The zero-order chi connectivity index (χ0) is 10.9. The highest BCUT2D eigenvalue weighted by molar-refractivity contribution is 6.29. The molecule has 4 heteroatoms. The SMILES string of the molecule is CC1(C)CCCC1Nc1ccc(Cl)nn1. The third-order valence-electron chi connectivity index (χ3n) is 3.21. The monoisotopic (exact) mass is 225 g/mol. The molecule has 82 valence electrons. The highest BCUT2D eigenvalue weighted by Gasteiger charge is 2.34. The molecule has 0 spiro atoms. The second-order valence-electron chi connectivity index (χ2n) is 4.82. The zero-order valence-corrected chi connectivity index (χ0v) is 9.88. The van der Waals surface area contributed by atoms with Gasteiger partial charge in [-0.15, -0.1) is 10.2 Å². The van der Waals surface area contributed by atoms with E-state index in [2.05, 4.69) is 29.4 Å². The largest absolute Gasteiger partial charge is 0.365 e. The van der Waals surface area contributed by atoms with E-state index in [9.17, 15) is 0 Å². The molecule has 0 aromatic carbocycles. The van der Waals surface area contributed by atoms with Gasteiger partial charge in [0.05, 0.1) is 0 Å². The summed E-state index contributed by atoms with van der Waals surface area (Å²) in [5, 5.41) is 11.7. The summed E-state index contributed by atoms with van der Waals surface area (Å²) in [6.45, 7) is 4.59. The standard InChI is InChI=1S/C11H16ClN3/c1-11(2)7-3-4-8(11)13-10-6-5-9(12)14-15-10/h5-6,8H,3-4,7H2,1-2H3,(H,13,15). The third-order valence-corrected chi connectivity index (χ3v) is 3.41. The summed E-state index contributed by atoms with van der Waals surface area (Å²) in [5.74, 6) is 0.819. The Morgan fingerprint density at radius 3 is 2.73 bits per heavy atom. The predicted molar refractivity (Wildman–Crippen MR) is 62.1 cm³/mol. The van der Waals surface area contributed by atoms with Gasteiger partial charge < -0.3 is 5.32 Å². The molecule has 1 aromatic rings. The van der Waals surface area contributed by atoms with Crippen molar-refractivity contribution in [3.8, 4) is 0 Å². The molecule has 1 heterocycles. The summed E-state index contributed by atoms with van der Waals surface area (Å²) in [6, 6.07) is 4.13. The second kappa shape index (κ2) is 3.97. The molecule has 1 fully saturated rings. The van der Waals surface area contributed by atoms with Crippen molar-refractivity contribution >= 4 is 17.4 Å². The maximum atomic E-state index is 5.68. The van der Waals surface area contributed by atoms with Crippen molar-refractivity contribution in [1.82, 2.24) is 10.2 Å². The number of nitrogens with one attached hydrogen (secondary N) is 1. The Kier molecular flexibility index (Phi) is 2.83. The Hall–Kier alpha value is -0.830. The first-order valence-electron chi connectivity index (χ1n) is 5.34. The Bertz CT molecular complexity index is 334. The Labute approximate surface area is 95.2 Å². The van der Waals surface area contributed by atoms with E-state index in [1.807, 2.05) is 6.07 Å². The van der Waals surface area contributed by atoms with Crippen molar-refractivity contribution in [2.45, 2.75) is 39.2 Å². The van der Waals surface area contributed by atoms with Gasteiger partial charge in [0.1, 0.15) is 5.82 Å². The molecule has 1 unspecified atom stereocenters. The summed E-state index contributed by atoms with van der Waals surface area (Å²) in [7, 11) is 0. The van der Waals surface area contributed by atoms with Crippen molar-refractivity contribution in [2.75, 3.05) is 5.32 Å². The fourth-order valence-electron chi connectivity index (χ4n) is 2.17. The summed E-state index contributed by atoms with van der Waals surface area (Å²) in [6.07, 6.45) is 3.76. The van der Waals surface area contributed by atoms with E-state index in [1.165, 1.54) is 19.3 Å². The van der Waals surface area contributed by atoms with Crippen molar-refractivity contribution in [3.63, 3.8) is 0 Å². The number of hydrogen-bond donors (Lipinski definition) is 1. The van der Waals surface area contributed by atoms with Crippen LogP contribution in [0.3, 0.4) is 0 Å². The quantitative estimate of drug-likeness (QED) is 0.841. The number of nitrogens with zero attached hydrogens (tertiary/aromatic N) is 2. The molecule has 1 aliphatic carbocycles. The molecule has 0 amide bonds. The van der Waals surface area contributed by atoms with E-state index in [1.54, 1.807) is 6.07 Å². The van der Waals surface area contributed by atoms with Crippen LogP contribution in [0.25, 0.3) is 0 Å². The van der Waals surface area contributed by atoms with Gasteiger partial charge in [-0.05, 0) is 30.4 Å². The first-order valence-corrected chi connectivity index (χ1v) is 5.71. The summed E-state index contributed by atoms with van der Waals surface area (Å²) < 4.78 is 0. The molecule has 15 heavy (non-hydrogen) atoms. The van der Waals surface area contributed by atoms with E-state index in [-0.39, 0.29) is 0 Å².